The highest BCUT2D eigenvalue weighted by Gasteiger charge is 2.12. The van der Waals surface area contributed by atoms with Gasteiger partial charge in [0.05, 0.1) is 0 Å². The summed E-state index contributed by atoms with van der Waals surface area (Å²) in [5.41, 5.74) is 7.15. The van der Waals surface area contributed by atoms with E-state index in [0.29, 0.717) is 29.2 Å². The lowest BCUT2D eigenvalue weighted by molar-refractivity contribution is 0.0949. The maximum absolute atomic E-state index is 12.5. The molecule has 0 atom stereocenters. The molecule has 0 saturated carbocycles. The van der Waals surface area contributed by atoms with Crippen molar-refractivity contribution in [2.45, 2.75) is 25.8 Å². The average Bonchev–Trinajstić information content (AvgIpc) is 2.84. The summed E-state index contributed by atoms with van der Waals surface area (Å²) in [6.07, 6.45) is 5.54. The van der Waals surface area contributed by atoms with E-state index in [9.17, 15) is 9.59 Å². The number of nitrogens with two attached hydrogens (primary N) is 1. The first-order chi connectivity index (χ1) is 15.6. The van der Waals surface area contributed by atoms with E-state index in [2.05, 4.69) is 15.2 Å². The first-order valence-electron chi connectivity index (χ1n) is 10.7. The van der Waals surface area contributed by atoms with E-state index in [4.69, 9.17) is 10.5 Å². The van der Waals surface area contributed by atoms with Crippen LogP contribution in [0.2, 0.25) is 0 Å². The van der Waals surface area contributed by atoms with E-state index in [0.717, 1.165) is 24.5 Å². The fraction of sp³-hybridized carbons (Fsp3) is 0.240. The van der Waals surface area contributed by atoms with E-state index in [-0.39, 0.29) is 5.91 Å². The third-order valence-electron chi connectivity index (χ3n) is 5.43. The largest absolute Gasteiger partial charge is 0.457 e. The number of aromatic nitrogens is 1. The van der Waals surface area contributed by atoms with E-state index < -0.39 is 5.91 Å². The molecular weight excluding hydrogens is 404 g/mol. The lowest BCUT2D eigenvalue weighted by atomic mass is 10.1. The molecular formula is C25H26N4O3. The molecule has 1 fully saturated rings. The summed E-state index contributed by atoms with van der Waals surface area (Å²) in [5, 5.41) is 2.92. The minimum Gasteiger partial charge on any atom is -0.457 e. The Hall–Kier alpha value is -3.87. The topological polar surface area (TPSA) is 97.6 Å². The maximum atomic E-state index is 12.5. The Morgan fingerprint density at radius 2 is 1.50 bits per heavy atom. The van der Waals surface area contributed by atoms with Gasteiger partial charge in [-0.2, -0.15) is 0 Å². The van der Waals surface area contributed by atoms with E-state index in [1.54, 1.807) is 48.5 Å². The van der Waals surface area contributed by atoms with Crippen LogP contribution in [-0.2, 0) is 6.54 Å². The summed E-state index contributed by atoms with van der Waals surface area (Å²) < 4.78 is 5.74. The molecule has 3 N–H and O–H groups in total. The molecule has 1 aromatic heterocycles. The first kappa shape index (κ1) is 21.4. The summed E-state index contributed by atoms with van der Waals surface area (Å²) in [6.45, 7) is 2.53. The Morgan fingerprint density at radius 3 is 2.06 bits per heavy atom. The molecule has 3 aromatic rings. The predicted octanol–water partition coefficient (Wildman–Crippen LogP) is 3.89. The molecule has 2 amide bonds. The number of primary amides is 1. The van der Waals surface area contributed by atoms with Crippen LogP contribution in [0.4, 0.5) is 5.82 Å². The second kappa shape index (κ2) is 9.96. The van der Waals surface area contributed by atoms with Gasteiger partial charge in [0.25, 0.3) is 5.91 Å². The zero-order valence-corrected chi connectivity index (χ0v) is 17.8. The molecule has 1 aliphatic heterocycles. The molecule has 32 heavy (non-hydrogen) atoms. The Labute approximate surface area is 187 Å². The van der Waals surface area contributed by atoms with Crippen LogP contribution in [-0.4, -0.2) is 29.9 Å². The van der Waals surface area contributed by atoms with Crippen LogP contribution in [0.5, 0.6) is 11.5 Å². The van der Waals surface area contributed by atoms with E-state index >= 15 is 0 Å². The molecule has 7 nitrogen and oxygen atoms in total. The molecule has 0 unspecified atom stereocenters. The summed E-state index contributed by atoms with van der Waals surface area (Å²) in [6, 6.07) is 17.5. The quantitative estimate of drug-likeness (QED) is 0.593. The van der Waals surface area contributed by atoms with Gasteiger partial charge in [-0.15, -0.1) is 0 Å². The van der Waals surface area contributed by atoms with Gasteiger partial charge in [0.15, 0.2) is 0 Å². The van der Waals surface area contributed by atoms with Gasteiger partial charge in [-0.1, -0.05) is 6.07 Å². The van der Waals surface area contributed by atoms with Crippen LogP contribution in [0.15, 0.2) is 66.9 Å². The van der Waals surface area contributed by atoms with Crippen LogP contribution in [0, 0.1) is 0 Å². The van der Waals surface area contributed by atoms with Crippen molar-refractivity contribution in [2.24, 2.45) is 5.73 Å². The molecule has 0 aliphatic carbocycles. The highest BCUT2D eigenvalue weighted by atomic mass is 16.5. The molecule has 164 valence electrons. The standard InChI is InChI=1S/C25H26N4O3/c26-24(30)19-5-9-21(10-6-19)32-22-11-7-20(8-12-22)25(31)28-17-18-4-13-23(27-16-18)29-14-2-1-3-15-29/h4-13,16H,1-3,14-15,17H2,(H2,26,30)(H,28,31). The van der Waals surface area contributed by atoms with Gasteiger partial charge >= 0.3 is 0 Å². The molecule has 0 spiro atoms. The summed E-state index contributed by atoms with van der Waals surface area (Å²) >= 11 is 0. The van der Waals surface area contributed by atoms with Crippen LogP contribution in [0.1, 0.15) is 45.5 Å². The normalized spacial score (nSPS) is 13.4. The van der Waals surface area contributed by atoms with Gasteiger partial charge in [0.1, 0.15) is 17.3 Å². The van der Waals surface area contributed by atoms with Gasteiger partial charge in [0, 0.05) is 37.0 Å². The lowest BCUT2D eigenvalue weighted by Crippen LogP contribution is -2.30. The Balaban J connectivity index is 1.29. The number of rotatable bonds is 7. The smallest absolute Gasteiger partial charge is 0.251 e. The summed E-state index contributed by atoms with van der Waals surface area (Å²) in [5.74, 6) is 1.52. The lowest BCUT2D eigenvalue weighted by Gasteiger charge is -2.27. The summed E-state index contributed by atoms with van der Waals surface area (Å²) in [4.78, 5) is 30.5. The number of ether oxygens (including phenoxy) is 1. The van der Waals surface area contributed by atoms with Crippen LogP contribution >= 0.6 is 0 Å². The fourth-order valence-electron chi connectivity index (χ4n) is 3.61. The molecule has 0 radical (unpaired) electrons. The fourth-order valence-corrected chi connectivity index (χ4v) is 3.61. The molecule has 1 aliphatic rings. The predicted molar refractivity (Wildman–Crippen MR) is 123 cm³/mol. The van der Waals surface area contributed by atoms with Crippen molar-refractivity contribution < 1.29 is 14.3 Å². The van der Waals surface area contributed by atoms with Crippen molar-refractivity contribution in [2.75, 3.05) is 18.0 Å². The molecule has 7 heteroatoms. The van der Waals surface area contributed by atoms with Crippen LogP contribution in [0.25, 0.3) is 0 Å². The minimum absolute atomic E-state index is 0.164. The van der Waals surface area contributed by atoms with Crippen molar-refractivity contribution in [3.05, 3.63) is 83.6 Å². The van der Waals surface area contributed by atoms with Crippen molar-refractivity contribution in [3.63, 3.8) is 0 Å². The number of amides is 2. The molecule has 2 aromatic carbocycles. The SMILES string of the molecule is NC(=O)c1ccc(Oc2ccc(C(=O)NCc3ccc(N4CCCCC4)nc3)cc2)cc1. The number of benzene rings is 2. The van der Waals surface area contributed by atoms with Crippen LogP contribution in [0.3, 0.4) is 0 Å². The van der Waals surface area contributed by atoms with E-state index in [1.807, 2.05) is 18.3 Å². The number of anilines is 1. The average molecular weight is 431 g/mol. The Kier molecular flexibility index (Phi) is 6.65. The highest BCUT2D eigenvalue weighted by Crippen LogP contribution is 2.22. The monoisotopic (exact) mass is 430 g/mol. The highest BCUT2D eigenvalue weighted by molar-refractivity contribution is 5.94. The molecule has 2 heterocycles. The van der Waals surface area contributed by atoms with E-state index in [1.165, 1.54) is 19.3 Å². The van der Waals surface area contributed by atoms with Gasteiger partial charge in [0.2, 0.25) is 5.91 Å². The zero-order chi connectivity index (χ0) is 22.3. The van der Waals surface area contributed by atoms with Gasteiger partial charge in [-0.3, -0.25) is 9.59 Å². The van der Waals surface area contributed by atoms with Crippen LogP contribution < -0.4 is 20.7 Å². The number of pyridine rings is 1. The second-order valence-corrected chi connectivity index (χ2v) is 7.77. The number of nitrogens with one attached hydrogen (secondary N) is 1. The second-order valence-electron chi connectivity index (χ2n) is 7.77. The molecule has 4 rings (SSSR count). The number of hydrogen-bond acceptors (Lipinski definition) is 5. The maximum Gasteiger partial charge on any atom is 0.251 e. The van der Waals surface area contributed by atoms with Gasteiger partial charge < -0.3 is 20.7 Å². The third-order valence-corrected chi connectivity index (χ3v) is 5.43. The number of piperidine rings is 1. The van der Waals surface area contributed by atoms with Crippen molar-refractivity contribution in [3.8, 4) is 11.5 Å². The number of hydrogen-bond donors (Lipinski definition) is 2. The molecule has 1 saturated heterocycles. The van der Waals surface area contributed by atoms with Crippen molar-refractivity contribution in [1.29, 1.82) is 0 Å². The molecule has 0 bridgehead atoms. The van der Waals surface area contributed by atoms with Gasteiger partial charge in [-0.25, -0.2) is 4.98 Å². The Morgan fingerprint density at radius 1 is 0.875 bits per heavy atom. The van der Waals surface area contributed by atoms with Gasteiger partial charge in [-0.05, 0) is 79.4 Å². The minimum atomic E-state index is -0.486. The zero-order valence-electron chi connectivity index (χ0n) is 17.8. The Bertz CT molecular complexity index is 1060. The number of carbonyl (C=O) groups excluding carboxylic acids is 2. The summed E-state index contributed by atoms with van der Waals surface area (Å²) in [7, 11) is 0. The first-order valence-corrected chi connectivity index (χ1v) is 10.7. The third kappa shape index (κ3) is 5.43. The van der Waals surface area contributed by atoms with Crippen molar-refractivity contribution >= 4 is 17.6 Å². The number of nitrogens with zero attached hydrogens (tertiary/aromatic N) is 2. The van der Waals surface area contributed by atoms with Crippen molar-refractivity contribution in [1.82, 2.24) is 10.3 Å². The number of carbonyl (C=O) groups is 2.